The van der Waals surface area contributed by atoms with Crippen LogP contribution in [-0.4, -0.2) is 59.1 Å². The van der Waals surface area contributed by atoms with Crippen LogP contribution < -0.4 is 0 Å². The van der Waals surface area contributed by atoms with E-state index in [1.165, 1.54) is 16.5 Å². The SMILES string of the molecule is Cc1[nH]c2c(C)ccc(C)c2c1CC(=O)N1CCC2(CC1)CN(C)C(=O)O2. The second-order valence-electron chi connectivity index (χ2n) is 8.14. The van der Waals surface area contributed by atoms with E-state index in [0.717, 1.165) is 16.8 Å². The minimum atomic E-state index is -0.410. The highest BCUT2D eigenvalue weighted by atomic mass is 16.6. The highest BCUT2D eigenvalue weighted by Crippen LogP contribution is 2.33. The van der Waals surface area contributed by atoms with E-state index in [4.69, 9.17) is 4.74 Å². The van der Waals surface area contributed by atoms with Gasteiger partial charge in [0.25, 0.3) is 0 Å². The number of nitrogens with zero attached hydrogens (tertiary/aromatic N) is 2. The van der Waals surface area contributed by atoms with Crippen molar-refractivity contribution in [1.29, 1.82) is 0 Å². The summed E-state index contributed by atoms with van der Waals surface area (Å²) in [7, 11) is 1.76. The maximum absolute atomic E-state index is 13.0. The molecule has 0 saturated carbocycles. The number of aromatic nitrogens is 1. The number of fused-ring (bicyclic) bond motifs is 1. The van der Waals surface area contributed by atoms with E-state index < -0.39 is 5.60 Å². The van der Waals surface area contributed by atoms with Crippen molar-refractivity contribution in [3.63, 3.8) is 0 Å². The van der Waals surface area contributed by atoms with Crippen LogP contribution in [0.1, 0.15) is 35.2 Å². The molecule has 1 spiro atoms. The third-order valence-corrected chi connectivity index (χ3v) is 6.19. The average molecular weight is 369 g/mol. The number of benzene rings is 1. The van der Waals surface area contributed by atoms with Crippen molar-refractivity contribution < 1.29 is 14.3 Å². The van der Waals surface area contributed by atoms with E-state index in [2.05, 4.69) is 31.0 Å². The summed E-state index contributed by atoms with van der Waals surface area (Å²) in [5, 5.41) is 1.18. The molecule has 27 heavy (non-hydrogen) atoms. The van der Waals surface area contributed by atoms with Gasteiger partial charge >= 0.3 is 6.09 Å². The third-order valence-electron chi connectivity index (χ3n) is 6.19. The zero-order valence-corrected chi connectivity index (χ0v) is 16.5. The molecule has 1 N–H and O–H groups in total. The Morgan fingerprint density at radius 3 is 2.48 bits per heavy atom. The maximum atomic E-state index is 13.0. The maximum Gasteiger partial charge on any atom is 0.410 e. The summed E-state index contributed by atoms with van der Waals surface area (Å²) in [6.45, 7) is 8.12. The smallest absolute Gasteiger partial charge is 0.410 e. The largest absolute Gasteiger partial charge is 0.441 e. The molecule has 1 aromatic carbocycles. The number of carbonyl (C=O) groups is 2. The van der Waals surface area contributed by atoms with Gasteiger partial charge in [0, 0.05) is 49.6 Å². The Morgan fingerprint density at radius 1 is 1.19 bits per heavy atom. The minimum Gasteiger partial charge on any atom is -0.441 e. The molecule has 2 aromatic rings. The predicted molar refractivity (Wildman–Crippen MR) is 104 cm³/mol. The van der Waals surface area contributed by atoms with Crippen molar-refractivity contribution in [3.8, 4) is 0 Å². The van der Waals surface area contributed by atoms with Gasteiger partial charge in [-0.15, -0.1) is 0 Å². The summed E-state index contributed by atoms with van der Waals surface area (Å²) in [4.78, 5) is 31.7. The lowest BCUT2D eigenvalue weighted by molar-refractivity contribution is -0.133. The number of likely N-dealkylation sites (tertiary alicyclic amines) is 1. The molecule has 4 rings (SSSR count). The quantitative estimate of drug-likeness (QED) is 0.885. The van der Waals surface area contributed by atoms with Crippen LogP contribution in [0.2, 0.25) is 0 Å². The van der Waals surface area contributed by atoms with Crippen LogP contribution in [0.25, 0.3) is 10.9 Å². The number of aryl methyl sites for hydroxylation is 3. The highest BCUT2D eigenvalue weighted by molar-refractivity contribution is 5.94. The van der Waals surface area contributed by atoms with Gasteiger partial charge in [-0.3, -0.25) is 4.79 Å². The molecule has 0 radical (unpaired) electrons. The number of hydrogen-bond acceptors (Lipinski definition) is 3. The molecule has 3 heterocycles. The molecule has 2 fully saturated rings. The topological polar surface area (TPSA) is 65.6 Å². The predicted octanol–water partition coefficient (Wildman–Crippen LogP) is 3.08. The van der Waals surface area contributed by atoms with Gasteiger partial charge in [-0.1, -0.05) is 12.1 Å². The van der Waals surface area contributed by atoms with Gasteiger partial charge in [-0.25, -0.2) is 4.79 Å². The van der Waals surface area contributed by atoms with Gasteiger partial charge < -0.3 is 19.5 Å². The van der Waals surface area contributed by atoms with E-state index in [1.807, 2.05) is 11.8 Å². The highest BCUT2D eigenvalue weighted by Gasteiger charge is 2.46. The summed E-state index contributed by atoms with van der Waals surface area (Å²) in [6.07, 6.45) is 1.57. The standard InChI is InChI=1S/C21H27N3O3/c1-13-5-6-14(2)19-18(13)16(15(3)22-19)11-17(25)24-9-7-21(8-10-24)12-23(4)20(26)27-21/h5-6,22H,7-12H2,1-4H3. The van der Waals surface area contributed by atoms with E-state index in [9.17, 15) is 9.59 Å². The number of ether oxygens (including phenoxy) is 1. The van der Waals surface area contributed by atoms with Gasteiger partial charge in [0.15, 0.2) is 0 Å². The Balaban J connectivity index is 1.50. The molecule has 2 aliphatic rings. The van der Waals surface area contributed by atoms with Crippen LogP contribution in [0.5, 0.6) is 0 Å². The first-order valence-electron chi connectivity index (χ1n) is 9.59. The number of aromatic amines is 1. The molecule has 0 atom stereocenters. The number of rotatable bonds is 2. The molecular formula is C21H27N3O3. The molecule has 144 valence electrons. The molecule has 0 unspecified atom stereocenters. The first-order valence-corrected chi connectivity index (χ1v) is 9.59. The number of hydrogen-bond donors (Lipinski definition) is 1. The number of amides is 2. The molecule has 2 saturated heterocycles. The minimum absolute atomic E-state index is 0.146. The van der Waals surface area contributed by atoms with Crippen molar-refractivity contribution >= 4 is 22.9 Å². The lowest BCUT2D eigenvalue weighted by atomic mass is 9.91. The van der Waals surface area contributed by atoms with Crippen LogP contribution in [0.4, 0.5) is 4.79 Å². The molecule has 6 nitrogen and oxygen atoms in total. The van der Waals surface area contributed by atoms with E-state index in [1.54, 1.807) is 11.9 Å². The monoisotopic (exact) mass is 369 g/mol. The van der Waals surface area contributed by atoms with Crippen LogP contribution in [0.3, 0.4) is 0 Å². The number of likely N-dealkylation sites (N-methyl/N-ethyl adjacent to an activating group) is 1. The van der Waals surface area contributed by atoms with Crippen molar-refractivity contribution in [2.75, 3.05) is 26.7 Å². The summed E-state index contributed by atoms with van der Waals surface area (Å²) >= 11 is 0. The van der Waals surface area contributed by atoms with Gasteiger partial charge in [0.1, 0.15) is 5.60 Å². The lowest BCUT2D eigenvalue weighted by Crippen LogP contribution is -2.49. The number of nitrogens with one attached hydrogen (secondary N) is 1. The lowest BCUT2D eigenvalue weighted by Gasteiger charge is -2.37. The van der Waals surface area contributed by atoms with Gasteiger partial charge in [0.05, 0.1) is 13.0 Å². The van der Waals surface area contributed by atoms with Crippen molar-refractivity contribution in [3.05, 3.63) is 34.5 Å². The fourth-order valence-corrected chi connectivity index (χ4v) is 4.51. The second kappa shape index (κ2) is 6.29. The summed E-state index contributed by atoms with van der Waals surface area (Å²) in [5.41, 5.74) is 5.28. The van der Waals surface area contributed by atoms with Crippen LogP contribution in [-0.2, 0) is 16.0 Å². The first-order chi connectivity index (χ1) is 12.8. The Hall–Kier alpha value is -2.50. The summed E-state index contributed by atoms with van der Waals surface area (Å²) in [5.74, 6) is 0.146. The van der Waals surface area contributed by atoms with Crippen LogP contribution >= 0.6 is 0 Å². The van der Waals surface area contributed by atoms with E-state index in [0.29, 0.717) is 38.9 Å². The number of carbonyl (C=O) groups excluding carboxylic acids is 2. The first kappa shape index (κ1) is 17.9. The summed E-state index contributed by atoms with van der Waals surface area (Å²) < 4.78 is 5.59. The molecule has 1 aromatic heterocycles. The Labute approximate surface area is 159 Å². The van der Waals surface area contributed by atoms with Crippen molar-refractivity contribution in [1.82, 2.24) is 14.8 Å². The van der Waals surface area contributed by atoms with E-state index >= 15 is 0 Å². The number of piperidine rings is 1. The fourth-order valence-electron chi connectivity index (χ4n) is 4.51. The molecule has 2 aliphatic heterocycles. The van der Waals surface area contributed by atoms with Gasteiger partial charge in [0.2, 0.25) is 5.91 Å². The fraction of sp³-hybridized carbons (Fsp3) is 0.524. The molecule has 0 bridgehead atoms. The van der Waals surface area contributed by atoms with E-state index in [-0.39, 0.29) is 12.0 Å². The number of H-pyrrole nitrogens is 1. The molecule has 2 amide bonds. The average Bonchev–Trinajstić information content (AvgIpc) is 3.09. The second-order valence-corrected chi connectivity index (χ2v) is 8.14. The zero-order valence-electron chi connectivity index (χ0n) is 16.5. The molecule has 0 aliphatic carbocycles. The Bertz CT molecular complexity index is 922. The summed E-state index contributed by atoms with van der Waals surface area (Å²) in [6, 6.07) is 4.23. The zero-order chi connectivity index (χ0) is 19.3. The van der Waals surface area contributed by atoms with Gasteiger partial charge in [-0.05, 0) is 37.5 Å². The van der Waals surface area contributed by atoms with Crippen LogP contribution in [0, 0.1) is 20.8 Å². The normalized spacial score (nSPS) is 19.2. The molecular weight excluding hydrogens is 342 g/mol. The molecule has 6 heteroatoms. The Kier molecular flexibility index (Phi) is 4.17. The van der Waals surface area contributed by atoms with Gasteiger partial charge in [-0.2, -0.15) is 0 Å². The van der Waals surface area contributed by atoms with Crippen LogP contribution in [0.15, 0.2) is 12.1 Å². The third kappa shape index (κ3) is 2.97. The Morgan fingerprint density at radius 2 is 1.85 bits per heavy atom. The van der Waals surface area contributed by atoms with Crippen molar-refractivity contribution in [2.45, 2.75) is 45.6 Å². The van der Waals surface area contributed by atoms with Crippen molar-refractivity contribution in [2.24, 2.45) is 0 Å².